The van der Waals surface area contributed by atoms with Crippen LogP contribution < -0.4 is 16.0 Å². The van der Waals surface area contributed by atoms with Crippen molar-refractivity contribution < 1.29 is 4.79 Å². The quantitative estimate of drug-likeness (QED) is 0.225. The third kappa shape index (κ3) is 9.10. The summed E-state index contributed by atoms with van der Waals surface area (Å²) in [6.45, 7) is 4.57. The molecular weight excluding hydrogens is 475 g/mol. The number of nitrogens with zero attached hydrogens (tertiary/aromatic N) is 1. The van der Waals surface area contributed by atoms with E-state index in [-0.39, 0.29) is 29.9 Å². The summed E-state index contributed by atoms with van der Waals surface area (Å²) < 4.78 is 0. The Morgan fingerprint density at radius 3 is 2.44 bits per heavy atom. The van der Waals surface area contributed by atoms with E-state index in [4.69, 9.17) is 11.6 Å². The Hall–Kier alpha value is -1.80. The molecule has 0 saturated heterocycles. The summed E-state index contributed by atoms with van der Waals surface area (Å²) in [4.78, 5) is 16.5. The third-order valence-electron chi connectivity index (χ3n) is 3.64. The second kappa shape index (κ2) is 13.4. The summed E-state index contributed by atoms with van der Waals surface area (Å²) in [6, 6.07) is 17.0. The lowest BCUT2D eigenvalue weighted by molar-refractivity contribution is 0.0954. The second-order valence-corrected chi connectivity index (χ2v) is 6.13. The third-order valence-corrected chi connectivity index (χ3v) is 3.88. The SMILES string of the molecule is CCNC(=NCCc1cccc(Cl)c1)NCCNC(=O)c1ccccc1.I. The van der Waals surface area contributed by atoms with E-state index in [1.54, 1.807) is 12.1 Å². The molecule has 0 unspecified atom stereocenters. The predicted molar refractivity (Wildman–Crippen MR) is 123 cm³/mol. The fourth-order valence-electron chi connectivity index (χ4n) is 2.38. The highest BCUT2D eigenvalue weighted by Crippen LogP contribution is 2.10. The van der Waals surface area contributed by atoms with E-state index in [1.807, 2.05) is 49.4 Å². The number of benzene rings is 2. The van der Waals surface area contributed by atoms with Gasteiger partial charge in [-0.1, -0.05) is 41.9 Å². The van der Waals surface area contributed by atoms with Crippen molar-refractivity contribution in [3.8, 4) is 0 Å². The number of nitrogens with one attached hydrogen (secondary N) is 3. The first-order valence-corrected chi connectivity index (χ1v) is 9.16. The van der Waals surface area contributed by atoms with Gasteiger partial charge in [-0.2, -0.15) is 0 Å². The zero-order chi connectivity index (χ0) is 18.6. The van der Waals surface area contributed by atoms with E-state index < -0.39 is 0 Å². The molecule has 0 aliphatic carbocycles. The number of guanidine groups is 1. The van der Waals surface area contributed by atoms with E-state index in [0.717, 1.165) is 29.5 Å². The molecule has 7 heteroatoms. The first-order chi connectivity index (χ1) is 12.7. The molecule has 146 valence electrons. The van der Waals surface area contributed by atoms with Crippen LogP contribution in [0.15, 0.2) is 59.6 Å². The molecule has 0 bridgehead atoms. The largest absolute Gasteiger partial charge is 0.357 e. The highest BCUT2D eigenvalue weighted by molar-refractivity contribution is 14.0. The molecule has 2 aromatic rings. The first-order valence-electron chi connectivity index (χ1n) is 8.79. The number of hydrogen-bond donors (Lipinski definition) is 3. The Balaban J connectivity index is 0.00000364. The molecule has 0 aliphatic heterocycles. The maximum absolute atomic E-state index is 12.0. The molecule has 2 rings (SSSR count). The van der Waals surface area contributed by atoms with E-state index in [1.165, 1.54) is 0 Å². The van der Waals surface area contributed by atoms with Crippen LogP contribution in [0.1, 0.15) is 22.8 Å². The lowest BCUT2D eigenvalue weighted by Gasteiger charge is -2.12. The van der Waals surface area contributed by atoms with Gasteiger partial charge in [0.05, 0.1) is 0 Å². The van der Waals surface area contributed by atoms with Crippen molar-refractivity contribution in [1.82, 2.24) is 16.0 Å². The number of carbonyl (C=O) groups is 1. The summed E-state index contributed by atoms with van der Waals surface area (Å²) in [5, 5.41) is 10.1. The molecule has 0 aromatic heterocycles. The summed E-state index contributed by atoms with van der Waals surface area (Å²) >= 11 is 6.00. The Morgan fingerprint density at radius 1 is 1.00 bits per heavy atom. The minimum Gasteiger partial charge on any atom is -0.357 e. The number of aliphatic imine (C=N–C) groups is 1. The van der Waals surface area contributed by atoms with Gasteiger partial charge in [0.2, 0.25) is 0 Å². The van der Waals surface area contributed by atoms with Crippen molar-refractivity contribution in [1.29, 1.82) is 0 Å². The minimum atomic E-state index is -0.0738. The van der Waals surface area contributed by atoms with Gasteiger partial charge in [-0.25, -0.2) is 0 Å². The molecule has 0 aliphatic rings. The van der Waals surface area contributed by atoms with Gasteiger partial charge < -0.3 is 16.0 Å². The molecule has 0 atom stereocenters. The predicted octanol–water partition coefficient (Wildman–Crippen LogP) is 3.49. The van der Waals surface area contributed by atoms with Crippen LogP contribution in [-0.4, -0.2) is 38.0 Å². The molecule has 0 radical (unpaired) electrons. The number of rotatable bonds is 8. The monoisotopic (exact) mass is 500 g/mol. The highest BCUT2D eigenvalue weighted by atomic mass is 127. The summed E-state index contributed by atoms with van der Waals surface area (Å²) in [7, 11) is 0. The van der Waals surface area contributed by atoms with Gasteiger partial charge in [0.25, 0.3) is 5.91 Å². The lowest BCUT2D eigenvalue weighted by atomic mass is 10.1. The fraction of sp³-hybridized carbons (Fsp3) is 0.300. The van der Waals surface area contributed by atoms with Crippen molar-refractivity contribution in [2.75, 3.05) is 26.2 Å². The maximum Gasteiger partial charge on any atom is 0.251 e. The molecule has 0 heterocycles. The number of carbonyl (C=O) groups excluding carboxylic acids is 1. The zero-order valence-corrected chi connectivity index (χ0v) is 18.5. The van der Waals surface area contributed by atoms with Crippen molar-refractivity contribution in [3.05, 3.63) is 70.7 Å². The highest BCUT2D eigenvalue weighted by Gasteiger charge is 2.03. The molecule has 0 spiro atoms. The summed E-state index contributed by atoms with van der Waals surface area (Å²) in [5.41, 5.74) is 1.82. The van der Waals surface area contributed by atoms with Crippen LogP contribution in [0, 0.1) is 0 Å². The van der Waals surface area contributed by atoms with Gasteiger partial charge in [0, 0.05) is 36.8 Å². The topological polar surface area (TPSA) is 65.5 Å². The Morgan fingerprint density at radius 2 is 1.74 bits per heavy atom. The van der Waals surface area contributed by atoms with Gasteiger partial charge in [-0.05, 0) is 43.2 Å². The van der Waals surface area contributed by atoms with Crippen LogP contribution >= 0.6 is 35.6 Å². The van der Waals surface area contributed by atoms with Gasteiger partial charge in [0.15, 0.2) is 5.96 Å². The first kappa shape index (κ1) is 23.2. The molecule has 0 fully saturated rings. The van der Waals surface area contributed by atoms with Crippen LogP contribution in [-0.2, 0) is 6.42 Å². The van der Waals surface area contributed by atoms with Gasteiger partial charge in [-0.15, -0.1) is 24.0 Å². The van der Waals surface area contributed by atoms with Crippen LogP contribution in [0.3, 0.4) is 0 Å². The lowest BCUT2D eigenvalue weighted by Crippen LogP contribution is -2.41. The van der Waals surface area contributed by atoms with E-state index in [2.05, 4.69) is 20.9 Å². The van der Waals surface area contributed by atoms with Crippen molar-refractivity contribution >= 4 is 47.4 Å². The molecular formula is C20H26ClIN4O. The van der Waals surface area contributed by atoms with E-state index in [9.17, 15) is 4.79 Å². The normalized spacial score (nSPS) is 10.7. The average molecular weight is 501 g/mol. The fourth-order valence-corrected chi connectivity index (χ4v) is 2.59. The number of hydrogen-bond acceptors (Lipinski definition) is 2. The van der Waals surface area contributed by atoms with Crippen LogP contribution in [0.2, 0.25) is 5.02 Å². The molecule has 3 N–H and O–H groups in total. The molecule has 0 saturated carbocycles. The summed E-state index contributed by atoms with van der Waals surface area (Å²) in [6.07, 6.45) is 0.821. The smallest absolute Gasteiger partial charge is 0.251 e. The van der Waals surface area contributed by atoms with Crippen LogP contribution in [0.4, 0.5) is 0 Å². The Kier molecular flexibility index (Phi) is 11.5. The van der Waals surface area contributed by atoms with Gasteiger partial charge in [0.1, 0.15) is 0 Å². The molecule has 2 aromatic carbocycles. The van der Waals surface area contributed by atoms with Crippen molar-refractivity contribution in [2.45, 2.75) is 13.3 Å². The standard InChI is InChI=1S/C20H25ClN4O.HI/c1-2-22-20(24-12-11-16-7-6-10-18(21)15-16)25-14-13-23-19(26)17-8-4-3-5-9-17;/h3-10,15H,2,11-14H2,1H3,(H,23,26)(H2,22,24,25);1H. The van der Waals surface area contributed by atoms with E-state index in [0.29, 0.717) is 25.2 Å². The zero-order valence-electron chi connectivity index (χ0n) is 15.4. The van der Waals surface area contributed by atoms with Crippen molar-refractivity contribution in [2.24, 2.45) is 4.99 Å². The average Bonchev–Trinajstić information content (AvgIpc) is 2.65. The van der Waals surface area contributed by atoms with Crippen molar-refractivity contribution in [3.63, 3.8) is 0 Å². The maximum atomic E-state index is 12.0. The Bertz CT molecular complexity index is 725. The van der Waals surface area contributed by atoms with Crippen LogP contribution in [0.25, 0.3) is 0 Å². The van der Waals surface area contributed by atoms with Gasteiger partial charge in [-0.3, -0.25) is 9.79 Å². The van der Waals surface area contributed by atoms with Gasteiger partial charge >= 0.3 is 0 Å². The Labute approximate surface area is 183 Å². The van der Waals surface area contributed by atoms with E-state index >= 15 is 0 Å². The van der Waals surface area contributed by atoms with Crippen LogP contribution in [0.5, 0.6) is 0 Å². The second-order valence-electron chi connectivity index (χ2n) is 5.69. The minimum absolute atomic E-state index is 0. The summed E-state index contributed by atoms with van der Waals surface area (Å²) in [5.74, 6) is 0.666. The number of halogens is 2. The molecule has 5 nitrogen and oxygen atoms in total. The molecule has 27 heavy (non-hydrogen) atoms. The number of amides is 1. The molecule has 1 amide bonds.